The van der Waals surface area contributed by atoms with Crippen molar-refractivity contribution in [2.75, 3.05) is 23.8 Å². The molecule has 4 aromatic rings. The van der Waals surface area contributed by atoms with Gasteiger partial charge in [0.25, 0.3) is 0 Å². The number of aryl methyl sites for hydroxylation is 1. The Morgan fingerprint density at radius 2 is 1.94 bits per heavy atom. The van der Waals surface area contributed by atoms with Crippen molar-refractivity contribution in [2.45, 2.75) is 25.8 Å². The molecule has 0 unspecified atom stereocenters. The van der Waals surface area contributed by atoms with Gasteiger partial charge >= 0.3 is 5.97 Å². The summed E-state index contributed by atoms with van der Waals surface area (Å²) in [6.45, 7) is 3.25. The molecule has 1 aliphatic rings. The van der Waals surface area contributed by atoms with Gasteiger partial charge < -0.3 is 15.4 Å². The lowest BCUT2D eigenvalue weighted by atomic mass is 10.2. The first-order valence-electron chi connectivity index (χ1n) is 11.1. The van der Waals surface area contributed by atoms with Crippen molar-refractivity contribution in [3.63, 3.8) is 0 Å². The molecule has 178 valence electrons. The van der Waals surface area contributed by atoms with E-state index in [0.29, 0.717) is 45.7 Å². The van der Waals surface area contributed by atoms with E-state index in [4.69, 9.17) is 4.74 Å². The third-order valence-electron chi connectivity index (χ3n) is 5.19. The van der Waals surface area contributed by atoms with Crippen LogP contribution in [0.15, 0.2) is 48.9 Å². The number of pyridine rings is 1. The Labute approximate surface area is 205 Å². The van der Waals surface area contributed by atoms with Gasteiger partial charge in [-0.1, -0.05) is 17.4 Å². The molecule has 4 aromatic heterocycles. The van der Waals surface area contributed by atoms with Crippen LogP contribution in [0.4, 0.5) is 22.7 Å². The minimum atomic E-state index is -0.386. The average Bonchev–Trinajstić information content (AvgIpc) is 3.56. The summed E-state index contributed by atoms with van der Waals surface area (Å²) in [5, 5.41) is 9.97. The van der Waals surface area contributed by atoms with Gasteiger partial charge in [0.05, 0.1) is 6.20 Å². The van der Waals surface area contributed by atoms with Crippen molar-refractivity contribution in [2.24, 2.45) is 0 Å². The number of hydrogen-bond acceptors (Lipinski definition) is 12. The van der Waals surface area contributed by atoms with Crippen LogP contribution < -0.4 is 16.0 Å². The van der Waals surface area contributed by atoms with Crippen molar-refractivity contribution in [1.82, 2.24) is 35.2 Å². The summed E-state index contributed by atoms with van der Waals surface area (Å²) in [4.78, 5) is 39.0. The molecule has 0 aliphatic carbocycles. The van der Waals surface area contributed by atoms with Crippen LogP contribution in [0.2, 0.25) is 0 Å². The van der Waals surface area contributed by atoms with Gasteiger partial charge in [0.15, 0.2) is 11.0 Å². The minimum absolute atomic E-state index is 0.229. The topological polar surface area (TPSA) is 140 Å². The van der Waals surface area contributed by atoms with Crippen LogP contribution in [-0.4, -0.2) is 55.1 Å². The lowest BCUT2D eigenvalue weighted by Crippen LogP contribution is -2.27. The van der Waals surface area contributed by atoms with E-state index >= 15 is 0 Å². The number of anilines is 4. The molecule has 0 spiro atoms. The SMILES string of the molecule is Cc1cccc(-c2nccc(Nc3ccnc(Nc4ncc(C(=O)OC[C@H]5CCCN5)s4)n3)n2)n1. The molecule has 1 fully saturated rings. The number of hydrogen-bond donors (Lipinski definition) is 3. The summed E-state index contributed by atoms with van der Waals surface area (Å²) in [5.41, 5.74) is 1.58. The van der Waals surface area contributed by atoms with E-state index in [1.807, 2.05) is 25.1 Å². The van der Waals surface area contributed by atoms with Crippen LogP contribution in [0.25, 0.3) is 11.5 Å². The van der Waals surface area contributed by atoms with Crippen molar-refractivity contribution in [1.29, 1.82) is 0 Å². The molecule has 1 aliphatic heterocycles. The Morgan fingerprint density at radius 3 is 2.77 bits per heavy atom. The number of nitrogens with one attached hydrogen (secondary N) is 3. The summed E-state index contributed by atoms with van der Waals surface area (Å²) in [7, 11) is 0. The molecule has 0 aromatic carbocycles. The number of esters is 1. The van der Waals surface area contributed by atoms with E-state index in [-0.39, 0.29) is 12.0 Å². The molecule has 0 saturated carbocycles. The Hall–Kier alpha value is -4.03. The summed E-state index contributed by atoms with van der Waals surface area (Å²) in [6, 6.07) is 9.40. The van der Waals surface area contributed by atoms with Crippen molar-refractivity contribution in [3.05, 3.63) is 59.5 Å². The second-order valence-electron chi connectivity index (χ2n) is 7.87. The Bertz CT molecular complexity index is 1320. The summed E-state index contributed by atoms with van der Waals surface area (Å²) >= 11 is 1.18. The second kappa shape index (κ2) is 10.5. The Kier molecular flexibility index (Phi) is 6.82. The van der Waals surface area contributed by atoms with E-state index in [2.05, 4.69) is 45.9 Å². The summed E-state index contributed by atoms with van der Waals surface area (Å²) in [5.74, 6) is 1.55. The molecule has 0 amide bonds. The fourth-order valence-electron chi connectivity index (χ4n) is 3.51. The zero-order valence-electron chi connectivity index (χ0n) is 18.9. The van der Waals surface area contributed by atoms with Gasteiger partial charge in [-0.05, 0) is 50.6 Å². The molecule has 11 nitrogen and oxygen atoms in total. The van der Waals surface area contributed by atoms with Crippen molar-refractivity contribution in [3.8, 4) is 11.5 Å². The predicted octanol–water partition coefficient (Wildman–Crippen LogP) is 3.49. The molecular weight excluding hydrogens is 466 g/mol. The maximum absolute atomic E-state index is 12.3. The third kappa shape index (κ3) is 5.91. The summed E-state index contributed by atoms with van der Waals surface area (Å²) in [6.07, 6.45) is 6.88. The van der Waals surface area contributed by atoms with Gasteiger partial charge in [-0.2, -0.15) is 4.98 Å². The maximum atomic E-state index is 12.3. The number of carbonyl (C=O) groups is 1. The molecule has 0 radical (unpaired) electrons. The van der Waals surface area contributed by atoms with Gasteiger partial charge in [-0.15, -0.1) is 0 Å². The van der Waals surface area contributed by atoms with Crippen LogP contribution in [0.5, 0.6) is 0 Å². The first kappa shape index (κ1) is 22.7. The van der Waals surface area contributed by atoms with Gasteiger partial charge in [-0.25, -0.2) is 29.7 Å². The molecule has 1 saturated heterocycles. The lowest BCUT2D eigenvalue weighted by molar-refractivity contribution is 0.0478. The standard InChI is InChI=1S/C23H23N9O2S/c1-14-4-2-6-16(28-14)20-25-10-7-18(30-20)29-19-8-11-26-22(31-19)32-23-27-12-17(35-23)21(33)34-13-15-5-3-9-24-15/h2,4,6-8,10-12,15,24H,3,5,9,13H2,1H3,(H2,25,26,27,29,30,31,32)/t15-/m1/s1. The van der Waals surface area contributed by atoms with Crippen LogP contribution in [0, 0.1) is 6.92 Å². The first-order valence-corrected chi connectivity index (χ1v) is 11.9. The Morgan fingerprint density at radius 1 is 1.09 bits per heavy atom. The molecule has 5 rings (SSSR count). The second-order valence-corrected chi connectivity index (χ2v) is 8.90. The normalized spacial score (nSPS) is 15.1. The molecule has 1 atom stereocenters. The fourth-order valence-corrected chi connectivity index (χ4v) is 4.21. The number of ether oxygens (including phenoxy) is 1. The van der Waals surface area contributed by atoms with Crippen LogP contribution in [-0.2, 0) is 4.74 Å². The van der Waals surface area contributed by atoms with E-state index in [1.165, 1.54) is 17.5 Å². The number of carbonyl (C=O) groups excluding carboxylic acids is 1. The maximum Gasteiger partial charge on any atom is 0.350 e. The molecule has 35 heavy (non-hydrogen) atoms. The number of thiazole rings is 1. The third-order valence-corrected chi connectivity index (χ3v) is 6.08. The van der Waals surface area contributed by atoms with E-state index in [9.17, 15) is 4.79 Å². The first-order chi connectivity index (χ1) is 17.1. The Balaban J connectivity index is 1.22. The number of aromatic nitrogens is 6. The molecule has 3 N–H and O–H groups in total. The minimum Gasteiger partial charge on any atom is -0.460 e. The fraction of sp³-hybridized carbons (Fsp3) is 0.261. The van der Waals surface area contributed by atoms with Crippen molar-refractivity contribution < 1.29 is 9.53 Å². The van der Waals surface area contributed by atoms with E-state index in [1.54, 1.807) is 24.5 Å². The van der Waals surface area contributed by atoms with Gasteiger partial charge in [-0.3, -0.25) is 5.32 Å². The molecular formula is C23H23N9O2S. The lowest BCUT2D eigenvalue weighted by Gasteiger charge is -2.09. The highest BCUT2D eigenvalue weighted by Gasteiger charge is 2.18. The van der Waals surface area contributed by atoms with E-state index < -0.39 is 0 Å². The monoisotopic (exact) mass is 489 g/mol. The zero-order valence-corrected chi connectivity index (χ0v) is 19.7. The highest BCUT2D eigenvalue weighted by molar-refractivity contribution is 7.17. The quantitative estimate of drug-likeness (QED) is 0.313. The van der Waals surface area contributed by atoms with Gasteiger partial charge in [0.1, 0.15) is 28.8 Å². The summed E-state index contributed by atoms with van der Waals surface area (Å²) < 4.78 is 5.39. The van der Waals surface area contributed by atoms with Gasteiger partial charge in [0.2, 0.25) is 5.95 Å². The zero-order chi connectivity index (χ0) is 24.0. The largest absolute Gasteiger partial charge is 0.460 e. The smallest absolute Gasteiger partial charge is 0.350 e. The molecule has 12 heteroatoms. The van der Waals surface area contributed by atoms with Crippen LogP contribution in [0.3, 0.4) is 0 Å². The number of nitrogens with zero attached hydrogens (tertiary/aromatic N) is 6. The number of rotatable bonds is 8. The molecule has 0 bridgehead atoms. The predicted molar refractivity (Wildman–Crippen MR) is 132 cm³/mol. The highest BCUT2D eigenvalue weighted by atomic mass is 32.1. The van der Waals surface area contributed by atoms with Gasteiger partial charge in [0, 0.05) is 24.1 Å². The highest BCUT2D eigenvalue weighted by Crippen LogP contribution is 2.23. The average molecular weight is 490 g/mol. The van der Waals surface area contributed by atoms with Crippen LogP contribution >= 0.6 is 11.3 Å². The van der Waals surface area contributed by atoms with Crippen molar-refractivity contribution >= 4 is 40.0 Å². The van der Waals surface area contributed by atoms with Crippen LogP contribution in [0.1, 0.15) is 28.2 Å². The van der Waals surface area contributed by atoms with E-state index in [0.717, 1.165) is 25.1 Å². The molecule has 5 heterocycles.